The molecule has 0 aliphatic rings. The number of pyridine rings is 1. The van der Waals surface area contributed by atoms with Crippen molar-refractivity contribution < 1.29 is 7.85 Å². The first-order valence-electron chi connectivity index (χ1n) is 23.4. The smallest absolute Gasteiger partial charge is 0.149 e. The fraction of sp³-hybridized carbons (Fsp3) is 0.200. The first-order chi connectivity index (χ1) is 31.5. The Balaban J connectivity index is 1.30. The lowest BCUT2D eigenvalue weighted by atomic mass is 9.91. The Labute approximate surface area is 381 Å². The molecule has 318 valence electrons. The first-order valence-corrected chi connectivity index (χ1v) is 22.4. The second-order valence-electron chi connectivity index (χ2n) is 18.0. The molecular formula is C60H57N3O. The van der Waals surface area contributed by atoms with Crippen LogP contribution in [0.1, 0.15) is 104 Å². The molecule has 0 amide bonds. The Kier molecular flexibility index (Phi) is 10.9. The minimum Gasteiger partial charge on any atom is -0.507 e. The highest BCUT2D eigenvalue weighted by molar-refractivity contribution is 5.98. The first kappa shape index (κ1) is 39.8. The van der Waals surface area contributed by atoms with Gasteiger partial charge in [-0.15, -0.1) is 0 Å². The second-order valence-corrected chi connectivity index (χ2v) is 18.0. The predicted octanol–water partition coefficient (Wildman–Crippen LogP) is 16.6. The van der Waals surface area contributed by atoms with Crippen LogP contribution in [0.2, 0.25) is 0 Å². The highest BCUT2D eigenvalue weighted by Crippen LogP contribution is 2.44. The lowest BCUT2D eigenvalue weighted by Gasteiger charge is -2.20. The predicted molar refractivity (Wildman–Crippen MR) is 270 cm³/mol. The van der Waals surface area contributed by atoms with E-state index in [1.807, 2.05) is 76.4 Å². The molecule has 64 heavy (non-hydrogen) atoms. The molecule has 0 fully saturated rings. The number of phenols is 1. The number of fused-ring (bicyclic) bond motifs is 1. The van der Waals surface area contributed by atoms with Crippen LogP contribution in [0.5, 0.6) is 5.75 Å². The number of rotatable bonds is 11. The van der Waals surface area contributed by atoms with Gasteiger partial charge in [0.25, 0.3) is 0 Å². The van der Waals surface area contributed by atoms with Crippen molar-refractivity contribution in [3.8, 4) is 78.6 Å². The number of imidazole rings is 1. The average Bonchev–Trinajstić information content (AvgIpc) is 3.71. The van der Waals surface area contributed by atoms with Crippen molar-refractivity contribution in [3.63, 3.8) is 0 Å². The van der Waals surface area contributed by atoms with Gasteiger partial charge in [-0.3, -0.25) is 9.55 Å². The van der Waals surface area contributed by atoms with Gasteiger partial charge in [0.05, 0.1) is 22.3 Å². The van der Waals surface area contributed by atoms with Crippen LogP contribution in [0.3, 0.4) is 0 Å². The second kappa shape index (κ2) is 17.6. The van der Waals surface area contributed by atoms with E-state index in [0.717, 1.165) is 94.7 Å². The lowest BCUT2D eigenvalue weighted by Crippen LogP contribution is -2.03. The van der Waals surface area contributed by atoms with E-state index in [1.165, 1.54) is 0 Å². The molecule has 0 aliphatic heterocycles. The third-order valence-corrected chi connectivity index (χ3v) is 12.5. The van der Waals surface area contributed by atoms with Gasteiger partial charge in [-0.2, -0.15) is 0 Å². The van der Waals surface area contributed by atoms with E-state index < -0.39 is 11.8 Å². The minimum atomic E-state index is -0.921. The van der Waals surface area contributed by atoms with Gasteiger partial charge >= 0.3 is 0 Å². The number of hydrogen-bond acceptors (Lipinski definition) is 3. The summed E-state index contributed by atoms with van der Waals surface area (Å²) in [6.45, 7) is 16.3. The fourth-order valence-electron chi connectivity index (χ4n) is 8.84. The largest absolute Gasteiger partial charge is 0.507 e. The Bertz CT molecular complexity index is 3210. The van der Waals surface area contributed by atoms with E-state index in [4.69, 9.17) is 11.3 Å². The van der Waals surface area contributed by atoms with Crippen molar-refractivity contribution in [2.75, 3.05) is 0 Å². The minimum absolute atomic E-state index is 0.0812. The van der Waals surface area contributed by atoms with Crippen LogP contribution in [-0.4, -0.2) is 19.6 Å². The van der Waals surface area contributed by atoms with Crippen molar-refractivity contribution in [2.45, 2.75) is 79.0 Å². The van der Waals surface area contributed by atoms with E-state index in [0.29, 0.717) is 11.4 Å². The Hall–Kier alpha value is -7.04. The zero-order valence-electron chi connectivity index (χ0n) is 40.1. The van der Waals surface area contributed by atoms with Gasteiger partial charge in [-0.1, -0.05) is 165 Å². The molecular weight excluding hydrogens is 779 g/mol. The van der Waals surface area contributed by atoms with Crippen LogP contribution >= 0.6 is 0 Å². The van der Waals surface area contributed by atoms with Crippen LogP contribution in [0.15, 0.2) is 170 Å². The standard InChI is InChI=1S/C60H57N3O/c1-37(2)41-22-24-43(25-23-41)45-28-29-61-56(35-45)49-31-47(42-16-11-9-12-17-42)30-48(32-49)52-20-15-21-57-58(52)62-60(55-34-46(38(3)4)33-54(40(7)8)59(55)64)63(57)50-26-27-51(53(36-50)39(5)6)44-18-13-10-14-19-44/h9-40,64H,1-8H3/i37D,39D. The summed E-state index contributed by atoms with van der Waals surface area (Å²) in [5.41, 5.74) is 17.1. The van der Waals surface area contributed by atoms with Crippen LogP contribution in [0.4, 0.5) is 0 Å². The van der Waals surface area contributed by atoms with Gasteiger partial charge in [0.1, 0.15) is 11.6 Å². The summed E-state index contributed by atoms with van der Waals surface area (Å²) in [6, 6.07) is 56.8. The Morgan fingerprint density at radius 2 is 1.14 bits per heavy atom. The van der Waals surface area contributed by atoms with Gasteiger partial charge in [-0.25, -0.2) is 4.98 Å². The molecule has 2 aromatic heterocycles. The van der Waals surface area contributed by atoms with Crippen LogP contribution < -0.4 is 0 Å². The van der Waals surface area contributed by atoms with Crippen molar-refractivity contribution in [2.24, 2.45) is 0 Å². The molecule has 0 radical (unpaired) electrons. The normalized spacial score (nSPS) is 12.5. The van der Waals surface area contributed by atoms with E-state index in [2.05, 4.69) is 154 Å². The number of hydrogen-bond donors (Lipinski definition) is 1. The molecule has 9 aromatic rings. The summed E-state index contributed by atoms with van der Waals surface area (Å²) in [5, 5.41) is 12.3. The SMILES string of the molecule is [2H]C(C)(C)c1ccc(-c2ccnc(-c3cc(-c4ccccc4)cc(-c4cccc5c4nc(-c4cc(C(C)C)cc(C(C)C)c4O)n5-c4ccc(-c5ccccc5)c(C([2H])(C)C)c4)c3)c2)cc1. The number of aromatic nitrogens is 3. The Morgan fingerprint density at radius 3 is 1.81 bits per heavy atom. The van der Waals surface area contributed by atoms with Crippen LogP contribution in [0.25, 0.3) is 83.9 Å². The molecule has 0 aliphatic carbocycles. The number of para-hydroxylation sites is 1. The Morgan fingerprint density at radius 1 is 0.469 bits per heavy atom. The fourth-order valence-corrected chi connectivity index (χ4v) is 8.84. The molecule has 0 saturated heterocycles. The van der Waals surface area contributed by atoms with Gasteiger partial charge in [-0.05, 0) is 139 Å². The van der Waals surface area contributed by atoms with E-state index in [1.54, 1.807) is 0 Å². The number of nitrogens with zero attached hydrogens (tertiary/aromatic N) is 3. The van der Waals surface area contributed by atoms with E-state index >= 15 is 0 Å². The van der Waals surface area contributed by atoms with Crippen LogP contribution in [0, 0.1) is 0 Å². The molecule has 4 nitrogen and oxygen atoms in total. The summed E-state index contributed by atoms with van der Waals surface area (Å²) in [4.78, 5) is 10.5. The molecule has 0 spiro atoms. The topological polar surface area (TPSA) is 50.9 Å². The van der Waals surface area contributed by atoms with Gasteiger partial charge in [0.15, 0.2) is 0 Å². The van der Waals surface area contributed by atoms with E-state index in [9.17, 15) is 6.48 Å². The number of aromatic hydroxyl groups is 1. The average molecular weight is 838 g/mol. The molecule has 0 saturated carbocycles. The molecule has 0 atom stereocenters. The number of phenolic OH excluding ortho intramolecular Hbond substituents is 1. The summed E-state index contributed by atoms with van der Waals surface area (Å²) in [7, 11) is 0. The third kappa shape index (κ3) is 8.17. The van der Waals surface area contributed by atoms with Gasteiger partial charge in [0.2, 0.25) is 0 Å². The van der Waals surface area contributed by atoms with Gasteiger partial charge in [0, 0.05) is 25.8 Å². The number of benzene rings is 7. The summed E-state index contributed by atoms with van der Waals surface area (Å²) in [5.74, 6) is -0.439. The summed E-state index contributed by atoms with van der Waals surface area (Å²) >= 11 is 0. The van der Waals surface area contributed by atoms with E-state index in [-0.39, 0.29) is 17.6 Å². The highest BCUT2D eigenvalue weighted by Gasteiger charge is 2.25. The highest BCUT2D eigenvalue weighted by atomic mass is 16.3. The lowest BCUT2D eigenvalue weighted by molar-refractivity contribution is 0.466. The summed E-state index contributed by atoms with van der Waals surface area (Å²) in [6.07, 6.45) is 1.87. The molecule has 4 heteroatoms. The quantitative estimate of drug-likeness (QED) is 0.141. The molecule has 2 heterocycles. The maximum absolute atomic E-state index is 12.3. The molecule has 7 aromatic carbocycles. The maximum Gasteiger partial charge on any atom is 0.149 e. The van der Waals surface area contributed by atoms with Crippen LogP contribution in [-0.2, 0) is 0 Å². The molecule has 1 N–H and O–H groups in total. The third-order valence-electron chi connectivity index (χ3n) is 12.5. The maximum atomic E-state index is 12.3. The van der Waals surface area contributed by atoms with Crippen molar-refractivity contribution >= 4 is 11.0 Å². The van der Waals surface area contributed by atoms with Gasteiger partial charge < -0.3 is 5.11 Å². The summed E-state index contributed by atoms with van der Waals surface area (Å²) < 4.78 is 20.1. The zero-order chi connectivity index (χ0) is 46.5. The van der Waals surface area contributed by atoms with Crippen molar-refractivity contribution in [1.82, 2.24) is 14.5 Å². The van der Waals surface area contributed by atoms with Crippen molar-refractivity contribution in [3.05, 3.63) is 192 Å². The zero-order valence-corrected chi connectivity index (χ0v) is 38.1. The van der Waals surface area contributed by atoms with Crippen molar-refractivity contribution in [1.29, 1.82) is 0 Å². The molecule has 0 bridgehead atoms. The monoisotopic (exact) mass is 837 g/mol. The molecule has 9 rings (SSSR count). The molecule has 0 unspecified atom stereocenters.